The van der Waals surface area contributed by atoms with E-state index >= 15 is 0 Å². The Hall–Kier alpha value is -1.73. The molecule has 1 fully saturated rings. The first-order valence-electron chi connectivity index (χ1n) is 6.73. The molecular formula is C13H22N6O. The predicted molar refractivity (Wildman–Crippen MR) is 77.7 cm³/mol. The Morgan fingerprint density at radius 3 is 2.70 bits per heavy atom. The molecule has 2 N–H and O–H groups in total. The molecule has 7 heteroatoms. The Bertz CT molecular complexity index is 460. The van der Waals surface area contributed by atoms with Crippen LogP contribution in [0.15, 0.2) is 12.1 Å². The molecule has 1 aromatic heterocycles. The molecule has 1 aliphatic heterocycles. The zero-order chi connectivity index (χ0) is 14.7. The van der Waals surface area contributed by atoms with E-state index in [1.807, 2.05) is 6.07 Å². The van der Waals surface area contributed by atoms with Crippen molar-refractivity contribution in [2.45, 2.75) is 6.04 Å². The molecule has 7 nitrogen and oxygen atoms in total. The van der Waals surface area contributed by atoms with E-state index in [-0.39, 0.29) is 11.9 Å². The van der Waals surface area contributed by atoms with E-state index in [1.165, 1.54) is 4.90 Å². The number of carbonyl (C=O) groups is 1. The molecule has 1 amide bonds. The lowest BCUT2D eigenvalue weighted by molar-refractivity contribution is 0.0821. The first-order valence-corrected chi connectivity index (χ1v) is 6.73. The van der Waals surface area contributed by atoms with Gasteiger partial charge in [-0.2, -0.15) is 0 Å². The summed E-state index contributed by atoms with van der Waals surface area (Å²) in [6, 6.07) is 3.80. The predicted octanol–water partition coefficient (Wildman–Crippen LogP) is -0.742. The number of likely N-dealkylation sites (N-methyl/N-ethyl adjacent to an activating group) is 1. The lowest BCUT2D eigenvalue weighted by Crippen LogP contribution is -2.55. The molecule has 1 unspecified atom stereocenters. The van der Waals surface area contributed by atoms with Gasteiger partial charge in [0.1, 0.15) is 0 Å². The first kappa shape index (κ1) is 14.7. The number of hydrogen-bond donors (Lipinski definition) is 1. The third kappa shape index (κ3) is 3.05. The van der Waals surface area contributed by atoms with E-state index in [9.17, 15) is 4.79 Å². The van der Waals surface area contributed by atoms with Crippen molar-refractivity contribution in [3.05, 3.63) is 17.8 Å². The van der Waals surface area contributed by atoms with Crippen LogP contribution in [0.5, 0.6) is 0 Å². The SMILES string of the molecule is CN1CCN(c2ccc(C(=O)N(C)C)nn2)C(CN)C1. The normalized spacial score (nSPS) is 20.0. The molecule has 1 saturated heterocycles. The molecule has 2 heterocycles. The van der Waals surface area contributed by atoms with Crippen molar-refractivity contribution < 1.29 is 4.79 Å². The highest BCUT2D eigenvalue weighted by Gasteiger charge is 2.25. The number of nitrogens with two attached hydrogens (primary N) is 1. The molecule has 1 aromatic rings. The molecule has 20 heavy (non-hydrogen) atoms. The number of carbonyl (C=O) groups excluding carboxylic acids is 1. The number of aromatic nitrogens is 2. The van der Waals surface area contributed by atoms with Crippen molar-refractivity contribution in [2.24, 2.45) is 5.73 Å². The summed E-state index contributed by atoms with van der Waals surface area (Å²) in [4.78, 5) is 17.7. The molecule has 0 saturated carbocycles. The molecular weight excluding hydrogens is 256 g/mol. The highest BCUT2D eigenvalue weighted by Crippen LogP contribution is 2.17. The number of anilines is 1. The molecule has 0 aliphatic carbocycles. The zero-order valence-electron chi connectivity index (χ0n) is 12.3. The summed E-state index contributed by atoms with van der Waals surface area (Å²) in [7, 11) is 5.48. The van der Waals surface area contributed by atoms with Crippen LogP contribution in [0.4, 0.5) is 5.82 Å². The Balaban J connectivity index is 2.15. The van der Waals surface area contributed by atoms with Crippen LogP contribution in [0.2, 0.25) is 0 Å². The maximum atomic E-state index is 11.8. The average molecular weight is 278 g/mol. The number of nitrogens with zero attached hydrogens (tertiary/aromatic N) is 5. The number of rotatable bonds is 3. The van der Waals surface area contributed by atoms with Crippen molar-refractivity contribution in [1.29, 1.82) is 0 Å². The van der Waals surface area contributed by atoms with Crippen LogP contribution in [0.3, 0.4) is 0 Å². The van der Waals surface area contributed by atoms with E-state index in [1.54, 1.807) is 20.2 Å². The second-order valence-electron chi connectivity index (χ2n) is 5.32. The Morgan fingerprint density at radius 2 is 2.15 bits per heavy atom. The number of hydrogen-bond acceptors (Lipinski definition) is 6. The third-order valence-corrected chi connectivity index (χ3v) is 3.53. The Morgan fingerprint density at radius 1 is 1.40 bits per heavy atom. The molecule has 0 aromatic carbocycles. The van der Waals surface area contributed by atoms with Gasteiger partial charge in [0.2, 0.25) is 0 Å². The van der Waals surface area contributed by atoms with Crippen molar-refractivity contribution in [2.75, 3.05) is 52.2 Å². The fraction of sp³-hybridized carbons (Fsp3) is 0.615. The van der Waals surface area contributed by atoms with Gasteiger partial charge in [-0.25, -0.2) is 0 Å². The van der Waals surface area contributed by atoms with Crippen molar-refractivity contribution in [1.82, 2.24) is 20.0 Å². The van der Waals surface area contributed by atoms with Crippen molar-refractivity contribution in [3.8, 4) is 0 Å². The van der Waals surface area contributed by atoms with E-state index in [4.69, 9.17) is 5.73 Å². The summed E-state index contributed by atoms with van der Waals surface area (Å²) in [5.41, 5.74) is 6.19. The highest BCUT2D eigenvalue weighted by atomic mass is 16.2. The van der Waals surface area contributed by atoms with Crippen LogP contribution in [-0.4, -0.2) is 79.3 Å². The van der Waals surface area contributed by atoms with Crippen LogP contribution >= 0.6 is 0 Å². The molecule has 110 valence electrons. The van der Waals surface area contributed by atoms with Crippen LogP contribution in [0.1, 0.15) is 10.5 Å². The smallest absolute Gasteiger partial charge is 0.273 e. The third-order valence-electron chi connectivity index (χ3n) is 3.53. The highest BCUT2D eigenvalue weighted by molar-refractivity contribution is 5.91. The molecule has 0 radical (unpaired) electrons. The molecule has 0 bridgehead atoms. The topological polar surface area (TPSA) is 78.6 Å². The largest absolute Gasteiger partial charge is 0.348 e. The number of piperazine rings is 1. The summed E-state index contributed by atoms with van der Waals surface area (Å²) in [5.74, 6) is 0.640. The zero-order valence-corrected chi connectivity index (χ0v) is 12.3. The van der Waals surface area contributed by atoms with Gasteiger partial charge in [0.25, 0.3) is 5.91 Å². The van der Waals surface area contributed by atoms with Crippen molar-refractivity contribution >= 4 is 11.7 Å². The van der Waals surface area contributed by atoms with E-state index < -0.39 is 0 Å². The minimum absolute atomic E-state index is 0.141. The Kier molecular flexibility index (Phi) is 4.51. The van der Waals surface area contributed by atoms with Crippen LogP contribution < -0.4 is 10.6 Å². The lowest BCUT2D eigenvalue weighted by atomic mass is 10.1. The van der Waals surface area contributed by atoms with E-state index in [2.05, 4.69) is 27.0 Å². The minimum Gasteiger partial charge on any atom is -0.348 e. The number of amides is 1. The molecule has 0 spiro atoms. The van der Waals surface area contributed by atoms with Gasteiger partial charge in [-0.15, -0.1) is 10.2 Å². The summed E-state index contributed by atoms with van der Waals surface area (Å²) in [6.45, 7) is 3.32. The summed E-state index contributed by atoms with van der Waals surface area (Å²) in [5, 5.41) is 8.21. The lowest BCUT2D eigenvalue weighted by Gasteiger charge is -2.40. The van der Waals surface area contributed by atoms with Crippen LogP contribution in [0.25, 0.3) is 0 Å². The summed E-state index contributed by atoms with van der Waals surface area (Å²) >= 11 is 0. The maximum Gasteiger partial charge on any atom is 0.273 e. The first-order chi connectivity index (χ1) is 9.52. The second-order valence-corrected chi connectivity index (χ2v) is 5.32. The average Bonchev–Trinajstić information content (AvgIpc) is 2.46. The van der Waals surface area contributed by atoms with Gasteiger partial charge in [0.05, 0.1) is 6.04 Å². The van der Waals surface area contributed by atoms with Gasteiger partial charge < -0.3 is 20.4 Å². The summed E-state index contributed by atoms with van der Waals surface area (Å²) < 4.78 is 0. The molecule has 1 atom stereocenters. The second kappa shape index (κ2) is 6.15. The van der Waals surface area contributed by atoms with Gasteiger partial charge >= 0.3 is 0 Å². The van der Waals surface area contributed by atoms with Crippen molar-refractivity contribution in [3.63, 3.8) is 0 Å². The van der Waals surface area contributed by atoms with Gasteiger partial charge in [-0.3, -0.25) is 4.79 Å². The molecule has 1 aliphatic rings. The van der Waals surface area contributed by atoms with E-state index in [0.29, 0.717) is 12.2 Å². The van der Waals surface area contributed by atoms with Crippen LogP contribution in [0, 0.1) is 0 Å². The fourth-order valence-electron chi connectivity index (χ4n) is 2.34. The van der Waals surface area contributed by atoms with Gasteiger partial charge in [-0.05, 0) is 19.2 Å². The fourth-order valence-corrected chi connectivity index (χ4v) is 2.34. The summed E-state index contributed by atoms with van der Waals surface area (Å²) in [6.07, 6.45) is 0. The minimum atomic E-state index is -0.141. The quantitative estimate of drug-likeness (QED) is 0.784. The monoisotopic (exact) mass is 278 g/mol. The van der Waals surface area contributed by atoms with Gasteiger partial charge in [0.15, 0.2) is 11.5 Å². The van der Waals surface area contributed by atoms with Crippen LogP contribution in [-0.2, 0) is 0 Å². The van der Waals surface area contributed by atoms with Gasteiger partial charge in [0, 0.05) is 40.3 Å². The van der Waals surface area contributed by atoms with E-state index in [0.717, 1.165) is 25.5 Å². The molecule has 2 rings (SSSR count). The standard InChI is InChI=1S/C13H22N6O/c1-17(2)13(20)11-4-5-12(16-15-11)19-7-6-18(3)9-10(19)8-14/h4-5,10H,6-9,14H2,1-3H3. The maximum absolute atomic E-state index is 11.8. The van der Waals surface area contributed by atoms with Gasteiger partial charge in [-0.1, -0.05) is 0 Å². The Labute approximate surface area is 119 Å².